The van der Waals surface area contributed by atoms with Crippen LogP contribution in [0.25, 0.3) is 0 Å². The Morgan fingerprint density at radius 1 is 0.944 bits per heavy atom. The Balaban J connectivity index is 0. The van der Waals surface area contributed by atoms with Crippen LogP contribution in [0.4, 0.5) is 14.8 Å². The Morgan fingerprint density at radius 3 is 1.78 bits per heavy atom. The number of rotatable bonds is 5. The van der Waals surface area contributed by atoms with Gasteiger partial charge in [0.25, 0.3) is 11.7 Å². The number of oxazole rings is 2. The fourth-order valence-corrected chi connectivity index (χ4v) is 2.58. The van der Waals surface area contributed by atoms with Crippen molar-refractivity contribution >= 4 is 82.9 Å². The molecule has 36 heavy (non-hydrogen) atoms. The van der Waals surface area contributed by atoms with E-state index >= 15 is 0 Å². The normalized spacial score (nSPS) is 8.97. The fourth-order valence-electron chi connectivity index (χ4n) is 2.26. The number of nitrogen functional groups attached to an aromatic ring is 1. The second-order valence-corrected chi connectivity index (χ2v) is 6.76. The maximum atomic E-state index is 12.6. The summed E-state index contributed by atoms with van der Waals surface area (Å²) in [7, 11) is 0. The third-order valence-corrected chi connectivity index (χ3v) is 4.41. The summed E-state index contributed by atoms with van der Waals surface area (Å²) in [6.45, 7) is 0.0148. The first-order valence-corrected chi connectivity index (χ1v) is 10.4. The highest BCUT2D eigenvalue weighted by Gasteiger charge is 2.07. The van der Waals surface area contributed by atoms with Crippen LogP contribution in [0.5, 0.6) is 0 Å². The van der Waals surface area contributed by atoms with Gasteiger partial charge < -0.3 is 14.6 Å². The van der Waals surface area contributed by atoms with Crippen molar-refractivity contribution in [2.24, 2.45) is 0 Å². The van der Waals surface area contributed by atoms with Gasteiger partial charge in [0.2, 0.25) is 0 Å². The van der Waals surface area contributed by atoms with Crippen molar-refractivity contribution in [2.75, 3.05) is 11.1 Å². The molecule has 0 fully saturated rings. The summed E-state index contributed by atoms with van der Waals surface area (Å²) in [4.78, 5) is 26.2. The smallest absolute Gasteiger partial charge is 0.294 e. The van der Waals surface area contributed by atoms with Crippen LogP contribution < -0.4 is 11.4 Å². The summed E-state index contributed by atoms with van der Waals surface area (Å²) in [6.07, 6.45) is 5.76. The second kappa shape index (κ2) is 18.7. The number of ketones is 2. The predicted octanol–water partition coefficient (Wildman–Crippen LogP) is 5.06. The summed E-state index contributed by atoms with van der Waals surface area (Å²) < 4.78 is 35.6. The lowest BCUT2D eigenvalue weighted by molar-refractivity contribution is 0.0967. The average molecular weight is 741 g/mol. The molecular formula is C22H21BBr2F2IN4O4. The largest absolute Gasteiger partial charge is 0.432 e. The van der Waals surface area contributed by atoms with Crippen LogP contribution in [0.15, 0.2) is 82.3 Å². The number of carbonyl (C=O) groups excluding carboxylic acids is 2. The third-order valence-electron chi connectivity index (χ3n) is 3.90. The van der Waals surface area contributed by atoms with Gasteiger partial charge in [-0.3, -0.25) is 19.6 Å². The zero-order valence-corrected chi connectivity index (χ0v) is 24.1. The number of anilines is 1. The summed E-state index contributed by atoms with van der Waals surface area (Å²) in [6, 6.07) is 11.0. The van der Waals surface area contributed by atoms with Crippen molar-refractivity contribution in [3.05, 3.63) is 102 Å². The van der Waals surface area contributed by atoms with Gasteiger partial charge in [0.1, 0.15) is 24.2 Å². The Hall–Kier alpha value is -2.59. The van der Waals surface area contributed by atoms with E-state index < -0.39 is 0 Å². The minimum atomic E-state index is -0.381. The molecule has 2 aromatic carbocycles. The summed E-state index contributed by atoms with van der Waals surface area (Å²) >= 11 is 3.03. The van der Waals surface area contributed by atoms with Gasteiger partial charge in [-0.2, -0.15) is 0 Å². The number of nitrogens with one attached hydrogen (secondary N) is 1. The SMILES string of the molecule is Br.I.N=c1occn1CC(=O)c1ccc(F)cc1.Nc1ncco1.O=C(CBr)c1ccc(F)cc1.[B]. The van der Waals surface area contributed by atoms with Crippen LogP contribution in [0.2, 0.25) is 0 Å². The van der Waals surface area contributed by atoms with E-state index in [2.05, 4.69) is 25.3 Å². The molecule has 3 radical (unpaired) electrons. The molecule has 2 heterocycles. The van der Waals surface area contributed by atoms with E-state index in [0.717, 1.165) is 0 Å². The summed E-state index contributed by atoms with van der Waals surface area (Å²) in [5.41, 5.74) is 5.85. The van der Waals surface area contributed by atoms with E-state index in [4.69, 9.17) is 15.6 Å². The highest BCUT2D eigenvalue weighted by molar-refractivity contribution is 14.0. The summed E-state index contributed by atoms with van der Waals surface area (Å²) in [5, 5.41) is 7.60. The van der Waals surface area contributed by atoms with E-state index in [9.17, 15) is 18.4 Å². The number of alkyl halides is 1. The molecule has 14 heteroatoms. The van der Waals surface area contributed by atoms with Gasteiger partial charge >= 0.3 is 0 Å². The molecular weight excluding hydrogens is 720 g/mol. The lowest BCUT2D eigenvalue weighted by Crippen LogP contribution is -2.19. The standard InChI is InChI=1S/C11H9FN2O2.C8H6BrFO.C3H4N2O.B.BrH.HI/c12-9-3-1-8(2-4-9)10(15)7-14-5-6-16-11(14)13;9-5-8(11)6-1-3-7(10)4-2-6;4-3-5-1-2-6-3;;;/h1-6,13H,7H2;1-4H,5H2;1-2H,(H2,4,5);;2*1H. The molecule has 0 amide bonds. The van der Waals surface area contributed by atoms with Gasteiger partial charge in [-0.15, -0.1) is 41.0 Å². The van der Waals surface area contributed by atoms with Gasteiger partial charge in [0, 0.05) is 25.7 Å². The molecule has 0 spiro atoms. The van der Waals surface area contributed by atoms with Crippen LogP contribution in [-0.2, 0) is 6.54 Å². The molecule has 8 nitrogen and oxygen atoms in total. The molecule has 0 aliphatic carbocycles. The molecule has 0 saturated heterocycles. The number of carbonyl (C=O) groups is 2. The molecule has 4 aromatic rings. The van der Waals surface area contributed by atoms with Gasteiger partial charge in [-0.25, -0.2) is 13.8 Å². The Labute approximate surface area is 243 Å². The fraction of sp³-hybridized carbons (Fsp3) is 0.0909. The van der Waals surface area contributed by atoms with Crippen molar-refractivity contribution in [1.29, 1.82) is 5.41 Å². The first-order valence-electron chi connectivity index (χ1n) is 9.27. The number of nitrogens with two attached hydrogens (primary N) is 1. The topological polar surface area (TPSA) is 128 Å². The maximum Gasteiger partial charge on any atom is 0.294 e. The average Bonchev–Trinajstić information content (AvgIpc) is 3.46. The second-order valence-electron chi connectivity index (χ2n) is 6.20. The molecule has 0 saturated carbocycles. The Bertz CT molecular complexity index is 1220. The quantitative estimate of drug-likeness (QED) is 0.128. The van der Waals surface area contributed by atoms with Crippen LogP contribution in [-0.4, -0.2) is 34.9 Å². The van der Waals surface area contributed by atoms with Crippen molar-refractivity contribution in [2.45, 2.75) is 6.54 Å². The first-order chi connectivity index (χ1) is 15.8. The highest BCUT2D eigenvalue weighted by Crippen LogP contribution is 2.05. The van der Waals surface area contributed by atoms with E-state index in [1.165, 1.54) is 78.0 Å². The van der Waals surface area contributed by atoms with Crippen molar-refractivity contribution in [3.63, 3.8) is 0 Å². The number of hydrogen-bond donors (Lipinski definition) is 2. The third kappa shape index (κ3) is 12.4. The monoisotopic (exact) mass is 739 g/mol. The van der Waals surface area contributed by atoms with Crippen LogP contribution in [0.1, 0.15) is 20.7 Å². The number of Topliss-reactive ketones (excluding diaryl/α,β-unsaturated/α-hetero) is 2. The van der Waals surface area contributed by atoms with Crippen LogP contribution >= 0.6 is 56.9 Å². The molecule has 0 aliphatic rings. The van der Waals surface area contributed by atoms with Gasteiger partial charge in [-0.05, 0) is 48.5 Å². The van der Waals surface area contributed by atoms with E-state index in [1.807, 2.05) is 0 Å². The zero-order valence-electron chi connectivity index (χ0n) is 18.5. The Kier molecular flexibility index (Phi) is 18.4. The molecule has 2 aromatic heterocycles. The van der Waals surface area contributed by atoms with Crippen LogP contribution in [0.3, 0.4) is 0 Å². The van der Waals surface area contributed by atoms with Gasteiger partial charge in [-0.1, -0.05) is 15.9 Å². The molecule has 4 rings (SSSR count). The number of benzene rings is 2. The number of aromatic nitrogens is 2. The molecule has 0 bridgehead atoms. The zero-order chi connectivity index (χ0) is 24.2. The molecule has 191 valence electrons. The van der Waals surface area contributed by atoms with Crippen molar-refractivity contribution < 1.29 is 27.2 Å². The van der Waals surface area contributed by atoms with Gasteiger partial charge in [0.05, 0.1) is 18.1 Å². The number of hydrogen-bond acceptors (Lipinski definition) is 7. The summed E-state index contributed by atoms with van der Waals surface area (Å²) in [5.74, 6) is -0.935. The van der Waals surface area contributed by atoms with Crippen LogP contribution in [0, 0.1) is 17.0 Å². The highest BCUT2D eigenvalue weighted by atomic mass is 127. The Morgan fingerprint density at radius 2 is 1.44 bits per heavy atom. The molecule has 0 atom stereocenters. The van der Waals surface area contributed by atoms with E-state index in [1.54, 1.807) is 0 Å². The van der Waals surface area contributed by atoms with Gasteiger partial charge in [0.15, 0.2) is 11.6 Å². The molecule has 3 N–H and O–H groups in total. The molecule has 0 unspecified atom stereocenters. The first kappa shape index (κ1) is 35.6. The number of nitrogens with zero attached hydrogens (tertiary/aromatic N) is 2. The van der Waals surface area contributed by atoms with E-state index in [-0.39, 0.29) is 96.1 Å². The minimum absolute atomic E-state index is 0. The number of halogens is 5. The lowest BCUT2D eigenvalue weighted by atomic mass is 10.1. The van der Waals surface area contributed by atoms with Crippen molar-refractivity contribution in [3.8, 4) is 0 Å². The van der Waals surface area contributed by atoms with E-state index in [0.29, 0.717) is 11.1 Å². The lowest BCUT2D eigenvalue weighted by Gasteiger charge is -2.01. The predicted molar refractivity (Wildman–Crippen MR) is 150 cm³/mol. The van der Waals surface area contributed by atoms with Crippen molar-refractivity contribution in [1.82, 2.24) is 9.55 Å². The molecule has 0 aliphatic heterocycles. The maximum absolute atomic E-state index is 12.6. The minimum Gasteiger partial charge on any atom is -0.432 e.